The Labute approximate surface area is 134 Å². The molecule has 1 aromatic heterocycles. The number of carbonyl (C=O) groups is 2. The molecule has 0 saturated carbocycles. The van der Waals surface area contributed by atoms with Gasteiger partial charge in [-0.3, -0.25) is 14.6 Å². The molecule has 2 atom stereocenters. The molecule has 2 aromatic rings. The first kappa shape index (κ1) is 16.6. The number of amides is 1. The van der Waals surface area contributed by atoms with Crippen LogP contribution < -0.4 is 5.32 Å². The Morgan fingerprint density at radius 3 is 2.39 bits per heavy atom. The largest absolute Gasteiger partial charge is 0.469 e. The lowest BCUT2D eigenvalue weighted by Gasteiger charge is -2.23. The zero-order valence-corrected chi connectivity index (χ0v) is 13.3. The Hall–Kier alpha value is -2.76. The predicted molar refractivity (Wildman–Crippen MR) is 84.6 cm³/mol. The molecule has 0 radical (unpaired) electrons. The van der Waals surface area contributed by atoms with Gasteiger partial charge in [0, 0.05) is 6.20 Å². The number of ether oxygens (including phenoxy) is 1. The molecule has 0 fully saturated rings. The number of carbonyl (C=O) groups excluding carboxylic acids is 2. The molecule has 1 heterocycles. The quantitative estimate of drug-likeness (QED) is 0.855. The number of hydrogen-bond acceptors (Lipinski definition) is 5. The molecule has 1 aromatic carbocycles. The summed E-state index contributed by atoms with van der Waals surface area (Å²) < 4.78 is 4.80. The first-order valence-corrected chi connectivity index (χ1v) is 7.25. The number of aromatic nitrogens is 2. The summed E-state index contributed by atoms with van der Waals surface area (Å²) in [6, 6.07) is 8.76. The van der Waals surface area contributed by atoms with Crippen molar-refractivity contribution >= 4 is 11.9 Å². The van der Waals surface area contributed by atoms with Gasteiger partial charge in [0.1, 0.15) is 5.69 Å². The molecule has 6 nitrogen and oxygen atoms in total. The van der Waals surface area contributed by atoms with Crippen molar-refractivity contribution in [3.8, 4) is 0 Å². The minimum Gasteiger partial charge on any atom is -0.469 e. The Morgan fingerprint density at radius 1 is 1.13 bits per heavy atom. The monoisotopic (exact) mass is 313 g/mol. The highest BCUT2D eigenvalue weighted by Gasteiger charge is 2.28. The fourth-order valence-corrected chi connectivity index (χ4v) is 2.20. The summed E-state index contributed by atoms with van der Waals surface area (Å²) in [5, 5.41) is 2.84. The lowest BCUT2D eigenvalue weighted by molar-refractivity contribution is -0.145. The molecule has 0 aliphatic rings. The SMILES string of the molecule is COC(=O)[C@H](C)[C@@H](NC(=O)c1cnc(C)cn1)c1ccccc1. The Balaban J connectivity index is 2.25. The van der Waals surface area contributed by atoms with E-state index in [1.54, 1.807) is 13.8 Å². The maximum atomic E-state index is 12.4. The van der Waals surface area contributed by atoms with Gasteiger partial charge in [-0.05, 0) is 19.4 Å². The van der Waals surface area contributed by atoms with Crippen LogP contribution in [0.5, 0.6) is 0 Å². The molecular formula is C17H19N3O3. The minimum absolute atomic E-state index is 0.202. The highest BCUT2D eigenvalue weighted by atomic mass is 16.5. The van der Waals surface area contributed by atoms with Gasteiger partial charge in [-0.1, -0.05) is 30.3 Å². The highest BCUT2D eigenvalue weighted by molar-refractivity contribution is 5.92. The van der Waals surface area contributed by atoms with Crippen LogP contribution in [0.4, 0.5) is 0 Å². The lowest BCUT2D eigenvalue weighted by atomic mass is 9.94. The Kier molecular flexibility index (Phi) is 5.41. The van der Waals surface area contributed by atoms with Gasteiger partial charge in [-0.25, -0.2) is 4.98 Å². The van der Waals surface area contributed by atoms with Crippen molar-refractivity contribution in [3.05, 3.63) is 59.7 Å². The van der Waals surface area contributed by atoms with E-state index in [4.69, 9.17) is 4.74 Å². The summed E-state index contributed by atoms with van der Waals surface area (Å²) in [6.07, 6.45) is 2.94. The van der Waals surface area contributed by atoms with Crippen LogP contribution in [0.3, 0.4) is 0 Å². The summed E-state index contributed by atoms with van der Waals surface area (Å²) in [6.45, 7) is 3.51. The number of rotatable bonds is 5. The van der Waals surface area contributed by atoms with Crippen LogP contribution in [0.15, 0.2) is 42.7 Å². The Morgan fingerprint density at radius 2 is 1.83 bits per heavy atom. The van der Waals surface area contributed by atoms with Crippen LogP contribution in [0, 0.1) is 12.8 Å². The number of benzene rings is 1. The van der Waals surface area contributed by atoms with Crippen LogP contribution in [0.1, 0.15) is 34.7 Å². The van der Waals surface area contributed by atoms with Crippen LogP contribution in [0.2, 0.25) is 0 Å². The van der Waals surface area contributed by atoms with Crippen molar-refractivity contribution in [2.75, 3.05) is 7.11 Å². The van der Waals surface area contributed by atoms with Crippen LogP contribution in [-0.2, 0) is 9.53 Å². The molecular weight excluding hydrogens is 294 g/mol. The third-order valence-electron chi connectivity index (χ3n) is 3.53. The van der Waals surface area contributed by atoms with Gasteiger partial charge >= 0.3 is 5.97 Å². The summed E-state index contributed by atoms with van der Waals surface area (Å²) in [5.41, 5.74) is 1.75. The van der Waals surface area contributed by atoms with E-state index in [1.165, 1.54) is 19.5 Å². The average Bonchev–Trinajstić information content (AvgIpc) is 2.59. The van der Waals surface area contributed by atoms with Crippen molar-refractivity contribution in [2.24, 2.45) is 5.92 Å². The standard InChI is InChI=1S/C17H19N3O3/c1-11-9-19-14(10-18-11)16(21)20-15(12(2)17(22)23-3)13-7-5-4-6-8-13/h4-10,12,15H,1-3H3,(H,20,21)/t12-,15-/m1/s1. The van der Waals surface area contributed by atoms with Crippen LogP contribution in [0.25, 0.3) is 0 Å². The van der Waals surface area contributed by atoms with Gasteiger partial charge in [0.05, 0.1) is 31.0 Å². The van der Waals surface area contributed by atoms with Crippen LogP contribution >= 0.6 is 0 Å². The highest BCUT2D eigenvalue weighted by Crippen LogP contribution is 2.23. The molecule has 0 spiro atoms. The van der Waals surface area contributed by atoms with Gasteiger partial charge in [0.2, 0.25) is 0 Å². The second-order valence-corrected chi connectivity index (χ2v) is 5.22. The molecule has 0 aliphatic heterocycles. The number of methoxy groups -OCH3 is 1. The van der Waals surface area contributed by atoms with Gasteiger partial charge in [-0.2, -0.15) is 0 Å². The molecule has 1 amide bonds. The second kappa shape index (κ2) is 7.49. The number of hydrogen-bond donors (Lipinski definition) is 1. The molecule has 120 valence electrons. The zero-order chi connectivity index (χ0) is 16.8. The maximum absolute atomic E-state index is 12.4. The third-order valence-corrected chi connectivity index (χ3v) is 3.53. The van der Waals surface area contributed by atoms with E-state index in [2.05, 4.69) is 15.3 Å². The fourth-order valence-electron chi connectivity index (χ4n) is 2.20. The summed E-state index contributed by atoms with van der Waals surface area (Å²) in [7, 11) is 1.33. The Bertz CT molecular complexity index is 671. The molecule has 0 aliphatic carbocycles. The maximum Gasteiger partial charge on any atom is 0.310 e. The second-order valence-electron chi connectivity index (χ2n) is 5.22. The van der Waals surface area contributed by atoms with E-state index >= 15 is 0 Å². The predicted octanol–water partition coefficient (Wildman–Crippen LogP) is 2.07. The van der Waals surface area contributed by atoms with Gasteiger partial charge in [-0.15, -0.1) is 0 Å². The number of esters is 1. The van der Waals surface area contributed by atoms with Gasteiger partial charge in [0.25, 0.3) is 5.91 Å². The van der Waals surface area contributed by atoms with Crippen LogP contribution in [-0.4, -0.2) is 29.0 Å². The normalized spacial score (nSPS) is 13.0. The molecule has 2 rings (SSSR count). The molecule has 0 bridgehead atoms. The topological polar surface area (TPSA) is 81.2 Å². The lowest BCUT2D eigenvalue weighted by Crippen LogP contribution is -2.36. The fraction of sp³-hybridized carbons (Fsp3) is 0.294. The summed E-state index contributed by atoms with van der Waals surface area (Å²) >= 11 is 0. The van der Waals surface area contributed by atoms with E-state index in [-0.39, 0.29) is 11.6 Å². The first-order chi connectivity index (χ1) is 11.0. The first-order valence-electron chi connectivity index (χ1n) is 7.25. The van der Waals surface area contributed by atoms with E-state index in [0.29, 0.717) is 0 Å². The van der Waals surface area contributed by atoms with E-state index in [9.17, 15) is 9.59 Å². The molecule has 1 N–H and O–H groups in total. The van der Waals surface area contributed by atoms with Gasteiger partial charge in [0.15, 0.2) is 0 Å². The van der Waals surface area contributed by atoms with E-state index in [0.717, 1.165) is 11.3 Å². The minimum atomic E-state index is -0.537. The average molecular weight is 313 g/mol. The van der Waals surface area contributed by atoms with Crippen molar-refractivity contribution in [1.82, 2.24) is 15.3 Å². The molecule has 6 heteroatoms. The number of nitrogens with zero attached hydrogens (tertiary/aromatic N) is 2. The smallest absolute Gasteiger partial charge is 0.310 e. The molecule has 23 heavy (non-hydrogen) atoms. The number of nitrogens with one attached hydrogen (secondary N) is 1. The van der Waals surface area contributed by atoms with E-state index in [1.807, 2.05) is 30.3 Å². The van der Waals surface area contributed by atoms with Crippen molar-refractivity contribution in [1.29, 1.82) is 0 Å². The summed E-state index contributed by atoms with van der Waals surface area (Å²) in [5.74, 6) is -1.32. The van der Waals surface area contributed by atoms with Crippen molar-refractivity contribution in [2.45, 2.75) is 19.9 Å². The number of aryl methyl sites for hydroxylation is 1. The van der Waals surface area contributed by atoms with E-state index < -0.39 is 17.9 Å². The van der Waals surface area contributed by atoms with Gasteiger partial charge < -0.3 is 10.1 Å². The van der Waals surface area contributed by atoms with Crippen molar-refractivity contribution < 1.29 is 14.3 Å². The zero-order valence-electron chi connectivity index (χ0n) is 13.3. The molecule has 0 saturated heterocycles. The molecule has 0 unspecified atom stereocenters. The third kappa shape index (κ3) is 4.12. The summed E-state index contributed by atoms with van der Waals surface area (Å²) in [4.78, 5) is 32.4. The van der Waals surface area contributed by atoms with Crippen molar-refractivity contribution in [3.63, 3.8) is 0 Å².